The number of fused-ring (bicyclic) bond motifs is 6. The molecule has 0 bridgehead atoms. The van der Waals surface area contributed by atoms with Crippen LogP contribution in [0, 0.1) is 0 Å². The van der Waals surface area contributed by atoms with Crippen LogP contribution in [0.2, 0.25) is 0 Å². The van der Waals surface area contributed by atoms with Gasteiger partial charge in [-0.05, 0) is 74.9 Å². The molecule has 2 nitrogen and oxygen atoms in total. The van der Waals surface area contributed by atoms with E-state index in [-0.39, 0.29) is 10.8 Å². The predicted molar refractivity (Wildman–Crippen MR) is 194 cm³/mol. The lowest BCUT2D eigenvalue weighted by Crippen LogP contribution is -2.24. The SMILES string of the molecule is CC(C)(C)c1cc(-c2ccc3oc4ccccc4c3c2)ccc1CC(C)(C)c1ccc(-c2cccc3c2oc2ccccc23)cc1. The number of furan rings is 2. The molecule has 0 saturated heterocycles. The van der Waals surface area contributed by atoms with Crippen molar-refractivity contribution in [1.82, 2.24) is 0 Å². The Morgan fingerprint density at radius 2 is 1.07 bits per heavy atom. The number of para-hydroxylation sites is 3. The Morgan fingerprint density at radius 1 is 0.478 bits per heavy atom. The minimum absolute atomic E-state index is 0.00296. The first-order valence-electron chi connectivity index (χ1n) is 16.2. The van der Waals surface area contributed by atoms with Crippen LogP contribution >= 0.6 is 0 Å². The van der Waals surface area contributed by atoms with E-state index in [1.165, 1.54) is 33.4 Å². The average Bonchev–Trinajstić information content (AvgIpc) is 3.62. The highest BCUT2D eigenvalue weighted by molar-refractivity contribution is 6.09. The van der Waals surface area contributed by atoms with E-state index in [1.807, 2.05) is 24.3 Å². The Hall–Kier alpha value is -5.08. The summed E-state index contributed by atoms with van der Waals surface area (Å²) in [6.45, 7) is 11.7. The molecule has 8 rings (SSSR count). The van der Waals surface area contributed by atoms with E-state index < -0.39 is 0 Å². The summed E-state index contributed by atoms with van der Waals surface area (Å²) in [4.78, 5) is 0. The fourth-order valence-electron chi connectivity index (χ4n) is 7.17. The van der Waals surface area contributed by atoms with Gasteiger partial charge in [-0.2, -0.15) is 0 Å². The molecule has 2 heteroatoms. The van der Waals surface area contributed by atoms with Gasteiger partial charge in [0.05, 0.1) is 0 Å². The normalized spacial score (nSPS) is 12.5. The van der Waals surface area contributed by atoms with E-state index in [0.29, 0.717) is 0 Å². The topological polar surface area (TPSA) is 26.3 Å². The van der Waals surface area contributed by atoms with Gasteiger partial charge in [-0.25, -0.2) is 0 Å². The number of rotatable bonds is 5. The van der Waals surface area contributed by atoms with Crippen molar-refractivity contribution >= 4 is 43.9 Å². The molecule has 226 valence electrons. The molecular weight excluding hydrogens is 560 g/mol. The molecule has 2 aromatic heterocycles. The van der Waals surface area contributed by atoms with Crippen LogP contribution in [0.3, 0.4) is 0 Å². The molecule has 0 aliphatic rings. The summed E-state index contributed by atoms with van der Waals surface area (Å²) in [5.41, 5.74) is 12.6. The summed E-state index contributed by atoms with van der Waals surface area (Å²) in [5, 5.41) is 4.65. The van der Waals surface area contributed by atoms with Crippen molar-refractivity contribution in [1.29, 1.82) is 0 Å². The van der Waals surface area contributed by atoms with Crippen LogP contribution in [0.25, 0.3) is 66.1 Å². The van der Waals surface area contributed by atoms with Crippen molar-refractivity contribution in [3.8, 4) is 22.3 Å². The van der Waals surface area contributed by atoms with E-state index in [0.717, 1.165) is 55.9 Å². The average molecular weight is 599 g/mol. The van der Waals surface area contributed by atoms with Gasteiger partial charge in [-0.3, -0.25) is 0 Å². The van der Waals surface area contributed by atoms with Gasteiger partial charge in [0.15, 0.2) is 0 Å². The Kier molecular flexibility index (Phi) is 6.48. The maximum absolute atomic E-state index is 6.33. The van der Waals surface area contributed by atoms with Crippen LogP contribution in [-0.4, -0.2) is 0 Å². The minimum Gasteiger partial charge on any atom is -0.456 e. The summed E-state index contributed by atoms with van der Waals surface area (Å²) < 4.78 is 12.4. The van der Waals surface area contributed by atoms with Crippen LogP contribution in [0.15, 0.2) is 136 Å². The van der Waals surface area contributed by atoms with E-state index in [2.05, 4.69) is 138 Å². The summed E-state index contributed by atoms with van der Waals surface area (Å²) in [6.07, 6.45) is 0.948. The Morgan fingerprint density at radius 3 is 1.80 bits per heavy atom. The van der Waals surface area contributed by atoms with E-state index in [1.54, 1.807) is 0 Å². The van der Waals surface area contributed by atoms with Gasteiger partial charge < -0.3 is 8.83 Å². The Labute approximate surface area is 270 Å². The molecule has 8 aromatic rings. The molecule has 0 spiro atoms. The summed E-state index contributed by atoms with van der Waals surface area (Å²) in [6, 6.07) is 45.7. The first kappa shape index (κ1) is 28.4. The zero-order valence-corrected chi connectivity index (χ0v) is 27.1. The molecule has 0 fully saturated rings. The summed E-state index contributed by atoms with van der Waals surface area (Å²) in [7, 11) is 0. The quantitative estimate of drug-likeness (QED) is 0.197. The second-order valence-corrected chi connectivity index (χ2v) is 14.3. The molecule has 0 aliphatic carbocycles. The largest absolute Gasteiger partial charge is 0.456 e. The van der Waals surface area contributed by atoms with Gasteiger partial charge in [0, 0.05) is 27.1 Å². The van der Waals surface area contributed by atoms with Gasteiger partial charge in [-0.1, -0.05) is 138 Å². The molecule has 0 amide bonds. The molecule has 0 unspecified atom stereocenters. The number of hydrogen-bond donors (Lipinski definition) is 0. The highest BCUT2D eigenvalue weighted by Crippen LogP contribution is 2.39. The van der Waals surface area contributed by atoms with E-state index in [4.69, 9.17) is 8.83 Å². The first-order valence-corrected chi connectivity index (χ1v) is 16.2. The van der Waals surface area contributed by atoms with Crippen LogP contribution in [0.4, 0.5) is 0 Å². The van der Waals surface area contributed by atoms with Crippen molar-refractivity contribution in [2.24, 2.45) is 0 Å². The van der Waals surface area contributed by atoms with Crippen molar-refractivity contribution < 1.29 is 8.83 Å². The highest BCUT2D eigenvalue weighted by Gasteiger charge is 2.26. The second-order valence-electron chi connectivity index (χ2n) is 14.3. The zero-order chi connectivity index (χ0) is 31.6. The second kappa shape index (κ2) is 10.5. The fourth-order valence-corrected chi connectivity index (χ4v) is 7.17. The minimum atomic E-state index is -0.0555. The maximum atomic E-state index is 6.33. The lowest BCUT2D eigenvalue weighted by atomic mass is 9.74. The molecule has 0 saturated carbocycles. The Bertz CT molecular complexity index is 2390. The van der Waals surface area contributed by atoms with Gasteiger partial charge in [-0.15, -0.1) is 0 Å². The monoisotopic (exact) mass is 598 g/mol. The highest BCUT2D eigenvalue weighted by atomic mass is 16.3. The van der Waals surface area contributed by atoms with Crippen LogP contribution in [0.5, 0.6) is 0 Å². The molecule has 0 N–H and O–H groups in total. The third-order valence-electron chi connectivity index (χ3n) is 9.64. The molecular formula is C44H38O2. The van der Waals surface area contributed by atoms with Crippen molar-refractivity contribution in [3.05, 3.63) is 144 Å². The summed E-state index contributed by atoms with van der Waals surface area (Å²) in [5.74, 6) is 0. The van der Waals surface area contributed by atoms with Crippen molar-refractivity contribution in [2.45, 2.75) is 51.9 Å². The standard InChI is InChI=1S/C44H38O2/c1-43(2,3)38-26-30(29-21-24-41-37(25-29)35-12-7-8-15-39(35)45-41)17-18-31(38)27-44(4,5)32-22-19-28(20-23-32)33-13-10-14-36-34-11-6-9-16-40(34)46-42(33)36/h6-26H,27H2,1-5H3. The number of hydrogen-bond acceptors (Lipinski definition) is 2. The van der Waals surface area contributed by atoms with Gasteiger partial charge in [0.2, 0.25) is 0 Å². The first-order chi connectivity index (χ1) is 22.2. The Balaban J connectivity index is 1.12. The van der Waals surface area contributed by atoms with Crippen LogP contribution in [0.1, 0.15) is 51.3 Å². The van der Waals surface area contributed by atoms with Crippen molar-refractivity contribution in [3.63, 3.8) is 0 Å². The maximum Gasteiger partial charge on any atom is 0.143 e. The smallest absolute Gasteiger partial charge is 0.143 e. The van der Waals surface area contributed by atoms with Crippen molar-refractivity contribution in [2.75, 3.05) is 0 Å². The molecule has 46 heavy (non-hydrogen) atoms. The van der Waals surface area contributed by atoms with Crippen LogP contribution < -0.4 is 0 Å². The molecule has 0 radical (unpaired) electrons. The summed E-state index contributed by atoms with van der Waals surface area (Å²) >= 11 is 0. The lowest BCUT2D eigenvalue weighted by Gasteiger charge is -2.30. The van der Waals surface area contributed by atoms with Crippen LogP contribution in [-0.2, 0) is 17.3 Å². The predicted octanol–water partition coefficient (Wildman–Crippen LogP) is 12.6. The van der Waals surface area contributed by atoms with Gasteiger partial charge in [0.1, 0.15) is 22.3 Å². The number of benzene rings is 6. The van der Waals surface area contributed by atoms with E-state index >= 15 is 0 Å². The third-order valence-corrected chi connectivity index (χ3v) is 9.64. The fraction of sp³-hybridized carbons (Fsp3) is 0.182. The molecule has 6 aromatic carbocycles. The zero-order valence-electron chi connectivity index (χ0n) is 27.1. The van der Waals surface area contributed by atoms with Gasteiger partial charge >= 0.3 is 0 Å². The lowest BCUT2D eigenvalue weighted by molar-refractivity contribution is 0.507. The molecule has 0 atom stereocenters. The molecule has 2 heterocycles. The third kappa shape index (κ3) is 4.81. The van der Waals surface area contributed by atoms with Gasteiger partial charge in [0.25, 0.3) is 0 Å². The molecule has 0 aliphatic heterocycles. The van der Waals surface area contributed by atoms with E-state index in [9.17, 15) is 0 Å².